The Kier molecular flexibility index (Phi) is 12.4. The van der Waals surface area contributed by atoms with Crippen LogP contribution in [0.15, 0.2) is 22.5 Å². The molecule has 7 heteroatoms. The minimum atomic E-state index is 0. The third-order valence-corrected chi connectivity index (χ3v) is 3.40. The van der Waals surface area contributed by atoms with Gasteiger partial charge < -0.3 is 16.0 Å². The molecule has 0 saturated carbocycles. The molecule has 0 saturated heterocycles. The monoisotopic (exact) mass is 424 g/mol. The van der Waals surface area contributed by atoms with Gasteiger partial charge in [-0.25, -0.2) is 4.99 Å². The quantitative estimate of drug-likeness (QED) is 0.341. The number of carbonyl (C=O) groups is 1. The van der Waals surface area contributed by atoms with Crippen LogP contribution >= 0.6 is 35.3 Å². The highest BCUT2D eigenvalue weighted by molar-refractivity contribution is 14.0. The molecular weight excluding hydrogens is 399 g/mol. The van der Waals surface area contributed by atoms with Crippen LogP contribution in [-0.4, -0.2) is 31.5 Å². The van der Waals surface area contributed by atoms with E-state index in [1.807, 2.05) is 25.3 Å². The van der Waals surface area contributed by atoms with Crippen molar-refractivity contribution in [1.29, 1.82) is 0 Å². The van der Waals surface area contributed by atoms with E-state index in [4.69, 9.17) is 0 Å². The van der Waals surface area contributed by atoms with Gasteiger partial charge in [0.05, 0.1) is 6.54 Å². The molecule has 0 bridgehead atoms. The molecule has 21 heavy (non-hydrogen) atoms. The van der Waals surface area contributed by atoms with Crippen LogP contribution in [0.4, 0.5) is 0 Å². The number of hydrogen-bond acceptors (Lipinski definition) is 3. The van der Waals surface area contributed by atoms with Crippen molar-refractivity contribution in [2.75, 3.05) is 19.6 Å². The van der Waals surface area contributed by atoms with Crippen molar-refractivity contribution >= 4 is 47.2 Å². The number of hydrogen-bond donors (Lipinski definition) is 3. The molecule has 0 fully saturated rings. The lowest BCUT2D eigenvalue weighted by Gasteiger charge is -2.11. The first-order chi connectivity index (χ1) is 9.76. The lowest BCUT2D eigenvalue weighted by atomic mass is 10.4. The molecule has 0 radical (unpaired) electrons. The van der Waals surface area contributed by atoms with Gasteiger partial charge in [0, 0.05) is 30.9 Å². The van der Waals surface area contributed by atoms with Crippen molar-refractivity contribution in [3.05, 3.63) is 22.4 Å². The first-order valence-electron chi connectivity index (χ1n) is 7.07. The Morgan fingerprint density at radius 1 is 1.24 bits per heavy atom. The summed E-state index contributed by atoms with van der Waals surface area (Å²) in [5, 5.41) is 11.2. The van der Waals surface area contributed by atoms with Gasteiger partial charge >= 0.3 is 0 Å². The zero-order chi connectivity index (χ0) is 14.6. The third-order valence-electron chi connectivity index (χ3n) is 2.53. The number of guanidine groups is 1. The summed E-state index contributed by atoms with van der Waals surface area (Å²) in [6, 6.07) is 4.09. The number of aliphatic imine (C=N–C) groups is 1. The number of rotatable bonds is 8. The first kappa shape index (κ1) is 20.2. The van der Waals surface area contributed by atoms with Crippen LogP contribution in [0.2, 0.25) is 0 Å². The van der Waals surface area contributed by atoms with Gasteiger partial charge in [-0.2, -0.15) is 0 Å². The topological polar surface area (TPSA) is 65.5 Å². The maximum Gasteiger partial charge on any atom is 0.221 e. The maximum atomic E-state index is 11.5. The predicted molar refractivity (Wildman–Crippen MR) is 100 cm³/mol. The van der Waals surface area contributed by atoms with Crippen LogP contribution in [0.25, 0.3) is 0 Å². The summed E-state index contributed by atoms with van der Waals surface area (Å²) in [5.74, 6) is 0.831. The third kappa shape index (κ3) is 9.67. The fourth-order valence-corrected chi connectivity index (χ4v) is 2.18. The number of thiophene rings is 1. The van der Waals surface area contributed by atoms with E-state index >= 15 is 0 Å². The number of carbonyl (C=O) groups excluding carboxylic acids is 1. The molecule has 1 aromatic heterocycles. The second-order valence-electron chi connectivity index (χ2n) is 4.30. The molecule has 1 amide bonds. The Labute approximate surface area is 148 Å². The fraction of sp³-hybridized carbons (Fsp3) is 0.571. The van der Waals surface area contributed by atoms with E-state index in [0.29, 0.717) is 19.5 Å². The zero-order valence-corrected chi connectivity index (χ0v) is 15.8. The highest BCUT2D eigenvalue weighted by Crippen LogP contribution is 2.09. The second kappa shape index (κ2) is 12.9. The number of amides is 1. The Bertz CT molecular complexity index is 409. The van der Waals surface area contributed by atoms with Crippen LogP contribution in [0, 0.1) is 0 Å². The summed E-state index contributed by atoms with van der Waals surface area (Å²) in [6.45, 7) is 6.86. The standard InChI is InChI=1S/C14H24N4OS.HI/c1-3-8-16-13(19)7-9-17-14(15-4-2)18-11-12-6-5-10-20-12;/h5-6,10H,3-4,7-9,11H2,1-2H3,(H,16,19)(H2,15,17,18);1H. The molecule has 0 spiro atoms. The summed E-state index contributed by atoms with van der Waals surface area (Å²) >= 11 is 1.69. The van der Waals surface area contributed by atoms with Crippen LogP contribution in [0.1, 0.15) is 31.6 Å². The van der Waals surface area contributed by atoms with Gasteiger partial charge in [-0.3, -0.25) is 4.79 Å². The Hall–Kier alpha value is -0.830. The van der Waals surface area contributed by atoms with Crippen molar-refractivity contribution in [2.24, 2.45) is 4.99 Å². The number of halogens is 1. The molecule has 0 aliphatic carbocycles. The predicted octanol–water partition coefficient (Wildman–Crippen LogP) is 2.34. The lowest BCUT2D eigenvalue weighted by molar-refractivity contribution is -0.120. The van der Waals surface area contributed by atoms with Gasteiger partial charge in [0.15, 0.2) is 5.96 Å². The first-order valence-corrected chi connectivity index (χ1v) is 7.95. The molecular formula is C14H25IN4OS. The molecule has 0 aliphatic heterocycles. The van der Waals surface area contributed by atoms with Crippen molar-refractivity contribution in [3.63, 3.8) is 0 Å². The molecule has 5 nitrogen and oxygen atoms in total. The van der Waals surface area contributed by atoms with E-state index in [1.165, 1.54) is 4.88 Å². The maximum absolute atomic E-state index is 11.5. The van der Waals surface area contributed by atoms with Crippen LogP contribution in [0.3, 0.4) is 0 Å². The highest BCUT2D eigenvalue weighted by atomic mass is 127. The van der Waals surface area contributed by atoms with Crippen LogP contribution in [-0.2, 0) is 11.3 Å². The second-order valence-corrected chi connectivity index (χ2v) is 5.33. The van der Waals surface area contributed by atoms with Gasteiger partial charge in [0.2, 0.25) is 5.91 Å². The zero-order valence-electron chi connectivity index (χ0n) is 12.6. The molecule has 120 valence electrons. The normalized spacial score (nSPS) is 10.7. The van der Waals surface area contributed by atoms with Gasteiger partial charge in [-0.15, -0.1) is 35.3 Å². The lowest BCUT2D eigenvalue weighted by Crippen LogP contribution is -2.39. The molecule has 1 heterocycles. The summed E-state index contributed by atoms with van der Waals surface area (Å²) in [4.78, 5) is 17.2. The summed E-state index contributed by atoms with van der Waals surface area (Å²) in [6.07, 6.45) is 1.42. The molecule has 1 rings (SSSR count). The van der Waals surface area contributed by atoms with Crippen molar-refractivity contribution in [2.45, 2.75) is 33.2 Å². The van der Waals surface area contributed by atoms with Crippen molar-refractivity contribution in [3.8, 4) is 0 Å². The summed E-state index contributed by atoms with van der Waals surface area (Å²) in [7, 11) is 0. The van der Waals surface area contributed by atoms with Crippen LogP contribution < -0.4 is 16.0 Å². The largest absolute Gasteiger partial charge is 0.357 e. The Morgan fingerprint density at radius 2 is 2.05 bits per heavy atom. The highest BCUT2D eigenvalue weighted by Gasteiger charge is 2.02. The van der Waals surface area contributed by atoms with Gasteiger partial charge in [-0.1, -0.05) is 13.0 Å². The fourth-order valence-electron chi connectivity index (χ4n) is 1.55. The van der Waals surface area contributed by atoms with Gasteiger partial charge in [-0.05, 0) is 24.8 Å². The molecule has 3 N–H and O–H groups in total. The molecule has 0 aromatic carbocycles. The number of nitrogens with zero attached hydrogens (tertiary/aromatic N) is 1. The minimum absolute atomic E-state index is 0. The van der Waals surface area contributed by atoms with E-state index in [-0.39, 0.29) is 29.9 Å². The van der Waals surface area contributed by atoms with Gasteiger partial charge in [0.25, 0.3) is 0 Å². The van der Waals surface area contributed by atoms with E-state index in [9.17, 15) is 4.79 Å². The minimum Gasteiger partial charge on any atom is -0.357 e. The molecule has 1 aromatic rings. The summed E-state index contributed by atoms with van der Waals surface area (Å²) < 4.78 is 0. The summed E-state index contributed by atoms with van der Waals surface area (Å²) in [5.41, 5.74) is 0. The average molecular weight is 424 g/mol. The number of nitrogens with one attached hydrogen (secondary N) is 3. The van der Waals surface area contributed by atoms with E-state index in [2.05, 4.69) is 27.0 Å². The van der Waals surface area contributed by atoms with E-state index in [0.717, 1.165) is 25.5 Å². The van der Waals surface area contributed by atoms with Crippen molar-refractivity contribution < 1.29 is 4.79 Å². The van der Waals surface area contributed by atoms with E-state index in [1.54, 1.807) is 11.3 Å². The Morgan fingerprint density at radius 3 is 2.67 bits per heavy atom. The van der Waals surface area contributed by atoms with E-state index < -0.39 is 0 Å². The molecule has 0 atom stereocenters. The smallest absolute Gasteiger partial charge is 0.221 e. The van der Waals surface area contributed by atoms with Gasteiger partial charge in [0.1, 0.15) is 0 Å². The SMILES string of the molecule is CCCNC(=O)CCNC(=NCc1cccs1)NCC.I. The van der Waals surface area contributed by atoms with Crippen LogP contribution in [0.5, 0.6) is 0 Å². The molecule has 0 aliphatic rings. The molecule has 0 unspecified atom stereocenters. The Balaban J connectivity index is 0.00000400. The average Bonchev–Trinajstić information content (AvgIpc) is 2.95. The van der Waals surface area contributed by atoms with Crippen molar-refractivity contribution in [1.82, 2.24) is 16.0 Å².